The molecule has 1 rings (SSSR count). The highest BCUT2D eigenvalue weighted by atomic mass is 32.2. The van der Waals surface area contributed by atoms with Gasteiger partial charge in [-0.05, 0) is 20.3 Å². The number of amides is 1. The summed E-state index contributed by atoms with van der Waals surface area (Å²) in [6.45, 7) is 5.47. The molecule has 0 saturated carbocycles. The van der Waals surface area contributed by atoms with Gasteiger partial charge in [-0.1, -0.05) is 6.92 Å². The molecule has 0 bridgehead atoms. The molecule has 3 N–H and O–H groups in total. The highest BCUT2D eigenvalue weighted by Crippen LogP contribution is 2.24. The number of hydrogen-bond acceptors (Lipinski definition) is 5. The van der Waals surface area contributed by atoms with E-state index in [9.17, 15) is 18.3 Å². The van der Waals surface area contributed by atoms with Gasteiger partial charge in [0, 0.05) is 19.6 Å². The zero-order valence-electron chi connectivity index (χ0n) is 12.2. The van der Waals surface area contributed by atoms with E-state index in [4.69, 9.17) is 4.74 Å². The van der Waals surface area contributed by atoms with E-state index in [1.165, 1.54) is 6.92 Å². The van der Waals surface area contributed by atoms with Crippen molar-refractivity contribution in [1.29, 1.82) is 0 Å². The molecule has 1 heterocycles. The normalized spacial score (nSPS) is 28.3. The molecule has 0 aliphatic carbocycles. The summed E-state index contributed by atoms with van der Waals surface area (Å²) in [7, 11) is -3.44. The van der Waals surface area contributed by atoms with Crippen LogP contribution in [0.15, 0.2) is 0 Å². The third-order valence-corrected chi connectivity index (χ3v) is 5.11. The minimum atomic E-state index is -3.44. The molecule has 0 radical (unpaired) electrons. The predicted octanol–water partition coefficient (Wildman–Crippen LogP) is -0.640. The van der Waals surface area contributed by atoms with Gasteiger partial charge in [0.15, 0.2) is 0 Å². The largest absolute Gasteiger partial charge is 0.385 e. The smallest absolute Gasteiger partial charge is 0.237 e. The Morgan fingerprint density at radius 1 is 1.55 bits per heavy atom. The predicted molar refractivity (Wildman–Crippen MR) is 74.7 cm³/mol. The van der Waals surface area contributed by atoms with Crippen LogP contribution in [0.5, 0.6) is 0 Å². The molecule has 3 atom stereocenters. The third-order valence-electron chi connectivity index (χ3n) is 3.45. The Labute approximate surface area is 120 Å². The van der Waals surface area contributed by atoms with Gasteiger partial charge >= 0.3 is 0 Å². The maximum Gasteiger partial charge on any atom is 0.237 e. The first kappa shape index (κ1) is 17.4. The number of sulfonamides is 1. The first-order valence-electron chi connectivity index (χ1n) is 6.82. The van der Waals surface area contributed by atoms with Crippen molar-refractivity contribution >= 4 is 15.9 Å². The molecule has 0 aromatic heterocycles. The molecule has 1 amide bonds. The lowest BCUT2D eigenvalue weighted by molar-refractivity contribution is -0.124. The molecule has 7 nitrogen and oxygen atoms in total. The summed E-state index contributed by atoms with van der Waals surface area (Å²) in [5.74, 6) is -0.475. The molecule has 0 aromatic carbocycles. The third kappa shape index (κ3) is 4.69. The minimum absolute atomic E-state index is 0.0145. The second-order valence-electron chi connectivity index (χ2n) is 5.24. The second-order valence-corrected chi connectivity index (χ2v) is 7.12. The van der Waals surface area contributed by atoms with Gasteiger partial charge in [0.1, 0.15) is 5.60 Å². The van der Waals surface area contributed by atoms with E-state index in [0.29, 0.717) is 19.4 Å². The molecule has 118 valence electrons. The molecule has 0 spiro atoms. The molecule has 1 saturated heterocycles. The first-order chi connectivity index (χ1) is 9.20. The van der Waals surface area contributed by atoms with Gasteiger partial charge in [-0.25, -0.2) is 13.1 Å². The Hall–Kier alpha value is -0.700. The Morgan fingerprint density at radius 3 is 2.70 bits per heavy atom. The van der Waals surface area contributed by atoms with Gasteiger partial charge in [0.05, 0.1) is 17.9 Å². The number of ether oxygens (including phenoxy) is 1. The molecule has 3 unspecified atom stereocenters. The fourth-order valence-electron chi connectivity index (χ4n) is 2.05. The Morgan fingerprint density at radius 2 is 2.20 bits per heavy atom. The quantitative estimate of drug-likeness (QED) is 0.580. The van der Waals surface area contributed by atoms with Crippen molar-refractivity contribution in [2.75, 3.05) is 18.9 Å². The average Bonchev–Trinajstić information content (AvgIpc) is 2.66. The monoisotopic (exact) mass is 308 g/mol. The van der Waals surface area contributed by atoms with Crippen LogP contribution in [-0.2, 0) is 19.6 Å². The zero-order valence-corrected chi connectivity index (χ0v) is 13.0. The van der Waals surface area contributed by atoms with Crippen molar-refractivity contribution in [3.05, 3.63) is 0 Å². The molecule has 1 aliphatic rings. The SMILES string of the molecule is CCCS(=O)(=O)NC(C)C(=O)NCC1(O)CCOC1C. The van der Waals surface area contributed by atoms with Crippen LogP contribution in [0.3, 0.4) is 0 Å². The van der Waals surface area contributed by atoms with E-state index in [-0.39, 0.29) is 18.4 Å². The highest BCUT2D eigenvalue weighted by molar-refractivity contribution is 7.89. The number of aliphatic hydroxyl groups is 1. The lowest BCUT2D eigenvalue weighted by Crippen LogP contribution is -2.52. The van der Waals surface area contributed by atoms with Crippen LogP contribution in [0, 0.1) is 0 Å². The summed E-state index contributed by atoms with van der Waals surface area (Å²) in [6.07, 6.45) is 0.581. The van der Waals surface area contributed by atoms with Gasteiger partial charge < -0.3 is 15.2 Å². The number of carbonyl (C=O) groups excluding carboxylic acids is 1. The summed E-state index contributed by atoms with van der Waals surface area (Å²) in [5, 5.41) is 12.8. The molecular formula is C12H24N2O5S. The summed E-state index contributed by atoms with van der Waals surface area (Å²) < 4.78 is 30.7. The topological polar surface area (TPSA) is 105 Å². The van der Waals surface area contributed by atoms with Crippen molar-refractivity contribution in [1.82, 2.24) is 10.0 Å². The molecule has 1 fully saturated rings. The van der Waals surface area contributed by atoms with Crippen LogP contribution in [0.1, 0.15) is 33.6 Å². The van der Waals surface area contributed by atoms with Crippen LogP contribution in [-0.4, -0.2) is 56.1 Å². The van der Waals surface area contributed by atoms with Crippen molar-refractivity contribution in [2.24, 2.45) is 0 Å². The molecule has 1 aliphatic heterocycles. The van der Waals surface area contributed by atoms with Crippen LogP contribution in [0.2, 0.25) is 0 Å². The summed E-state index contributed by atoms with van der Waals surface area (Å²) in [6, 6.07) is -0.868. The van der Waals surface area contributed by atoms with Crippen LogP contribution in [0.25, 0.3) is 0 Å². The lowest BCUT2D eigenvalue weighted by Gasteiger charge is -2.27. The minimum Gasteiger partial charge on any atom is -0.385 e. The number of nitrogens with one attached hydrogen (secondary N) is 2. The van der Waals surface area contributed by atoms with Gasteiger partial charge in [-0.15, -0.1) is 0 Å². The van der Waals surface area contributed by atoms with Crippen molar-refractivity contribution in [3.63, 3.8) is 0 Å². The average molecular weight is 308 g/mol. The van der Waals surface area contributed by atoms with E-state index in [1.54, 1.807) is 13.8 Å². The van der Waals surface area contributed by atoms with Crippen molar-refractivity contribution in [2.45, 2.75) is 51.4 Å². The summed E-state index contributed by atoms with van der Waals surface area (Å²) in [4.78, 5) is 11.8. The molecule has 8 heteroatoms. The van der Waals surface area contributed by atoms with Crippen LogP contribution in [0.4, 0.5) is 0 Å². The Bertz CT molecular complexity index is 439. The second kappa shape index (κ2) is 6.84. The zero-order chi connectivity index (χ0) is 15.4. The highest BCUT2D eigenvalue weighted by Gasteiger charge is 2.40. The molecular weight excluding hydrogens is 284 g/mol. The van der Waals surface area contributed by atoms with E-state index < -0.39 is 27.6 Å². The van der Waals surface area contributed by atoms with E-state index in [2.05, 4.69) is 10.0 Å². The number of carbonyl (C=O) groups is 1. The van der Waals surface area contributed by atoms with Gasteiger partial charge in [0.25, 0.3) is 0 Å². The number of hydrogen-bond donors (Lipinski definition) is 3. The van der Waals surface area contributed by atoms with Gasteiger partial charge in [0.2, 0.25) is 15.9 Å². The fourth-order valence-corrected chi connectivity index (χ4v) is 3.35. The Kier molecular flexibility index (Phi) is 5.93. The van der Waals surface area contributed by atoms with Crippen LogP contribution >= 0.6 is 0 Å². The van der Waals surface area contributed by atoms with Gasteiger partial charge in [-0.2, -0.15) is 0 Å². The summed E-state index contributed by atoms with van der Waals surface area (Å²) >= 11 is 0. The van der Waals surface area contributed by atoms with E-state index in [1.807, 2.05) is 0 Å². The molecule has 20 heavy (non-hydrogen) atoms. The van der Waals surface area contributed by atoms with Crippen LogP contribution < -0.4 is 10.0 Å². The van der Waals surface area contributed by atoms with E-state index >= 15 is 0 Å². The first-order valence-corrected chi connectivity index (χ1v) is 8.47. The standard InChI is InChI=1S/C12H24N2O5S/c1-4-7-20(17,18)14-9(2)11(15)13-8-12(16)5-6-19-10(12)3/h9-10,14,16H,4-8H2,1-3H3,(H,13,15). The number of rotatable bonds is 7. The maximum atomic E-state index is 11.8. The maximum absolute atomic E-state index is 11.8. The van der Waals surface area contributed by atoms with E-state index in [0.717, 1.165) is 0 Å². The van der Waals surface area contributed by atoms with Crippen molar-refractivity contribution < 1.29 is 23.1 Å². The molecule has 0 aromatic rings. The van der Waals surface area contributed by atoms with Crippen molar-refractivity contribution in [3.8, 4) is 0 Å². The van der Waals surface area contributed by atoms with Gasteiger partial charge in [-0.3, -0.25) is 4.79 Å². The fraction of sp³-hybridized carbons (Fsp3) is 0.917. The lowest BCUT2D eigenvalue weighted by atomic mass is 9.96. The summed E-state index contributed by atoms with van der Waals surface area (Å²) in [5.41, 5.74) is -1.09. The Balaban J connectivity index is 2.46.